The Morgan fingerprint density at radius 3 is 2.51 bits per heavy atom. The summed E-state index contributed by atoms with van der Waals surface area (Å²) in [5, 5.41) is 20.6. The van der Waals surface area contributed by atoms with Gasteiger partial charge in [-0.05, 0) is 94.9 Å². The molecule has 5 rings (SSSR count). The van der Waals surface area contributed by atoms with Gasteiger partial charge in [-0.3, -0.25) is 0 Å². The summed E-state index contributed by atoms with van der Waals surface area (Å²) in [6.45, 7) is 8.70. The zero-order valence-electron chi connectivity index (χ0n) is 26.1. The van der Waals surface area contributed by atoms with Crippen molar-refractivity contribution in [2.45, 2.75) is 94.8 Å². The lowest BCUT2D eigenvalue weighted by atomic mass is 9.64. The lowest BCUT2D eigenvalue weighted by Crippen LogP contribution is -2.55. The first kappa shape index (κ1) is 31.4. The molecule has 1 saturated heterocycles. The summed E-state index contributed by atoms with van der Waals surface area (Å²) >= 11 is 1.72. The third kappa shape index (κ3) is 8.33. The Labute approximate surface area is 261 Å². The molecule has 1 aromatic carbocycles. The van der Waals surface area contributed by atoms with Gasteiger partial charge in [0.1, 0.15) is 23.1 Å². The normalized spacial score (nSPS) is 24.2. The van der Waals surface area contributed by atoms with Gasteiger partial charge >= 0.3 is 6.09 Å². The number of nitrogens with one attached hydrogen (secondary N) is 3. The predicted molar refractivity (Wildman–Crippen MR) is 172 cm³/mol. The smallest absolute Gasteiger partial charge is 0.410 e. The molecular formula is C33H47N7O2S. The lowest BCUT2D eigenvalue weighted by molar-refractivity contribution is 0.0171. The number of aromatic nitrogens is 2. The minimum absolute atomic E-state index is 0.192. The molecule has 1 unspecified atom stereocenters. The molecule has 43 heavy (non-hydrogen) atoms. The van der Waals surface area contributed by atoms with Crippen molar-refractivity contribution in [2.24, 2.45) is 17.8 Å². The summed E-state index contributed by atoms with van der Waals surface area (Å²) in [6.07, 6.45) is 11.7. The molecule has 2 aromatic rings. The van der Waals surface area contributed by atoms with Gasteiger partial charge < -0.3 is 25.6 Å². The number of piperidine rings is 1. The van der Waals surface area contributed by atoms with Gasteiger partial charge in [-0.15, -0.1) is 11.8 Å². The number of nitrogens with zero attached hydrogens (tertiary/aromatic N) is 4. The first-order valence-electron chi connectivity index (χ1n) is 15.8. The van der Waals surface area contributed by atoms with Crippen molar-refractivity contribution in [1.29, 1.82) is 5.26 Å². The van der Waals surface area contributed by atoms with Crippen LogP contribution in [0.4, 0.5) is 16.6 Å². The maximum atomic E-state index is 12.5. The molecule has 0 spiro atoms. The Balaban J connectivity index is 1.13. The monoisotopic (exact) mass is 605 g/mol. The molecular weight excluding hydrogens is 558 g/mol. The summed E-state index contributed by atoms with van der Waals surface area (Å²) in [5.74, 6) is 3.02. The van der Waals surface area contributed by atoms with Crippen molar-refractivity contribution in [3.8, 4) is 6.07 Å². The van der Waals surface area contributed by atoms with Crippen LogP contribution in [0.25, 0.3) is 0 Å². The number of anilines is 2. The second-order valence-electron chi connectivity index (χ2n) is 13.3. The van der Waals surface area contributed by atoms with Gasteiger partial charge in [0.2, 0.25) is 5.95 Å². The van der Waals surface area contributed by atoms with E-state index >= 15 is 0 Å². The van der Waals surface area contributed by atoms with E-state index in [1.54, 1.807) is 18.0 Å². The number of rotatable bonds is 9. The highest BCUT2D eigenvalue weighted by molar-refractivity contribution is 7.98. The summed E-state index contributed by atoms with van der Waals surface area (Å²) in [6, 6.07) is 11.6. The van der Waals surface area contributed by atoms with Gasteiger partial charge in [0.05, 0.1) is 6.20 Å². The number of carbonyl (C=O) groups excluding carboxylic acids is 1. The molecule has 2 aliphatic carbocycles. The highest BCUT2D eigenvalue weighted by atomic mass is 32.2. The predicted octanol–water partition coefficient (Wildman–Crippen LogP) is 6.28. The molecule has 3 aliphatic rings. The molecule has 9 nitrogen and oxygen atoms in total. The number of hydrogen-bond acceptors (Lipinski definition) is 9. The lowest BCUT2D eigenvalue weighted by Gasteiger charge is -2.48. The number of ether oxygens (including phenoxy) is 1. The Bertz CT molecular complexity index is 1270. The maximum Gasteiger partial charge on any atom is 0.410 e. The summed E-state index contributed by atoms with van der Waals surface area (Å²) in [4.78, 5) is 24.7. The fraction of sp³-hybridized carbons (Fsp3) is 0.636. The quantitative estimate of drug-likeness (QED) is 0.284. The van der Waals surface area contributed by atoms with Gasteiger partial charge in [0.25, 0.3) is 0 Å². The molecule has 4 atom stereocenters. The number of likely N-dealkylation sites (tertiary alicyclic amines) is 1. The van der Waals surface area contributed by atoms with Crippen LogP contribution in [0.2, 0.25) is 0 Å². The molecule has 232 valence electrons. The zero-order chi connectivity index (χ0) is 30.4. The molecule has 10 heteroatoms. The average molecular weight is 606 g/mol. The van der Waals surface area contributed by atoms with Crippen molar-refractivity contribution in [1.82, 2.24) is 20.2 Å². The first-order valence-corrected chi connectivity index (χ1v) is 17.1. The zero-order valence-corrected chi connectivity index (χ0v) is 26.9. The van der Waals surface area contributed by atoms with Crippen LogP contribution < -0.4 is 16.0 Å². The highest BCUT2D eigenvalue weighted by Gasteiger charge is 2.41. The third-order valence-corrected chi connectivity index (χ3v) is 9.95. The van der Waals surface area contributed by atoms with Crippen molar-refractivity contribution in [3.63, 3.8) is 0 Å². The van der Waals surface area contributed by atoms with Crippen molar-refractivity contribution in [3.05, 3.63) is 41.6 Å². The standard InChI is InChI=1S/C33H47N7O2S/c1-33(2,3)42-32(41)40-14-12-27(13-15-40)38-29-23-9-7-10-24(29)17-22(16-23)19-35-30-26(18-34)21-37-31(39-30)36-20-25-8-5-6-11-28(25)43-4/h5-6,8,11,21-24,27,29,38H,7,9-10,12-17,19-20H2,1-4H3,(H2,35,36,37,39)/t22?,23-,24+,29-. The number of amides is 1. The number of fused-ring (bicyclic) bond motifs is 2. The van der Waals surface area contributed by atoms with E-state index in [0.29, 0.717) is 53.7 Å². The van der Waals surface area contributed by atoms with E-state index in [-0.39, 0.29) is 6.09 Å². The second kappa shape index (κ2) is 14.2. The third-order valence-electron chi connectivity index (χ3n) is 9.11. The van der Waals surface area contributed by atoms with Crippen molar-refractivity contribution in [2.75, 3.05) is 36.5 Å². The SMILES string of the molecule is CSc1ccccc1CNc1ncc(C#N)c(NCC2C[C@H]3CCC[C@@H](C2)[C@@H]3NC2CCN(C(=O)OC(C)(C)C)CC2)n1. The number of benzene rings is 1. The summed E-state index contributed by atoms with van der Waals surface area (Å²) in [7, 11) is 0. The van der Waals surface area contributed by atoms with E-state index in [9.17, 15) is 10.1 Å². The molecule has 3 N–H and O–H groups in total. The van der Waals surface area contributed by atoms with Crippen LogP contribution in [0.3, 0.4) is 0 Å². The molecule has 1 aliphatic heterocycles. The van der Waals surface area contributed by atoms with E-state index in [4.69, 9.17) is 4.74 Å². The fourth-order valence-electron chi connectivity index (χ4n) is 7.08. The van der Waals surface area contributed by atoms with Crippen molar-refractivity contribution < 1.29 is 9.53 Å². The number of hydrogen-bond donors (Lipinski definition) is 3. The van der Waals surface area contributed by atoms with Crippen LogP contribution in [-0.4, -0.2) is 64.5 Å². The summed E-state index contributed by atoms with van der Waals surface area (Å²) < 4.78 is 5.58. The maximum absolute atomic E-state index is 12.5. The van der Waals surface area contributed by atoms with E-state index < -0.39 is 5.60 Å². The average Bonchev–Trinajstić information content (AvgIpc) is 2.98. The van der Waals surface area contributed by atoms with E-state index in [0.717, 1.165) is 32.5 Å². The molecule has 0 radical (unpaired) electrons. The van der Waals surface area contributed by atoms with Crippen LogP contribution in [0.5, 0.6) is 0 Å². The van der Waals surface area contributed by atoms with E-state index in [1.165, 1.54) is 42.6 Å². The van der Waals surface area contributed by atoms with Gasteiger partial charge in [0.15, 0.2) is 0 Å². The van der Waals surface area contributed by atoms with Gasteiger partial charge in [-0.2, -0.15) is 10.2 Å². The van der Waals surface area contributed by atoms with Gasteiger partial charge in [-0.1, -0.05) is 24.6 Å². The molecule has 1 aromatic heterocycles. The minimum Gasteiger partial charge on any atom is -0.444 e. The second-order valence-corrected chi connectivity index (χ2v) is 14.2. The Hall–Kier alpha value is -3.03. The van der Waals surface area contributed by atoms with Crippen molar-refractivity contribution >= 4 is 29.6 Å². The van der Waals surface area contributed by atoms with Crippen LogP contribution in [0.1, 0.15) is 76.8 Å². The highest BCUT2D eigenvalue weighted by Crippen LogP contribution is 2.43. The topological polar surface area (TPSA) is 115 Å². The molecule has 2 saturated carbocycles. The summed E-state index contributed by atoms with van der Waals surface area (Å²) in [5.41, 5.74) is 1.21. The largest absolute Gasteiger partial charge is 0.444 e. The van der Waals surface area contributed by atoms with Crippen LogP contribution in [0.15, 0.2) is 35.4 Å². The van der Waals surface area contributed by atoms with Gasteiger partial charge in [-0.25, -0.2) is 9.78 Å². The van der Waals surface area contributed by atoms with Crippen LogP contribution in [0, 0.1) is 29.1 Å². The number of thioether (sulfide) groups is 1. The molecule has 2 heterocycles. The number of nitriles is 1. The Morgan fingerprint density at radius 2 is 1.84 bits per heavy atom. The molecule has 2 bridgehead atoms. The fourth-order valence-corrected chi connectivity index (χ4v) is 7.70. The van der Waals surface area contributed by atoms with E-state index in [1.807, 2.05) is 37.8 Å². The first-order chi connectivity index (χ1) is 20.7. The molecule has 1 amide bonds. The Kier molecular flexibility index (Phi) is 10.3. The van der Waals surface area contributed by atoms with Crippen LogP contribution >= 0.6 is 11.8 Å². The Morgan fingerprint density at radius 1 is 1.12 bits per heavy atom. The minimum atomic E-state index is -0.458. The van der Waals surface area contributed by atoms with E-state index in [2.05, 4.69) is 50.4 Å². The van der Waals surface area contributed by atoms with Gasteiger partial charge in [0, 0.05) is 43.2 Å². The number of carbonyl (C=O) groups is 1. The van der Waals surface area contributed by atoms with Crippen LogP contribution in [-0.2, 0) is 11.3 Å². The molecule has 3 fully saturated rings.